The van der Waals surface area contributed by atoms with Crippen molar-refractivity contribution in [2.45, 2.75) is 18.5 Å². The second kappa shape index (κ2) is 8.95. The first-order chi connectivity index (χ1) is 17.5. The fourth-order valence-electron chi connectivity index (χ4n) is 5.73. The second-order valence-corrected chi connectivity index (χ2v) is 9.81. The van der Waals surface area contributed by atoms with Crippen molar-refractivity contribution >= 4 is 46.8 Å². The van der Waals surface area contributed by atoms with Gasteiger partial charge in [-0.3, -0.25) is 19.3 Å². The van der Waals surface area contributed by atoms with E-state index >= 15 is 0 Å². The highest BCUT2D eigenvalue weighted by atomic mass is 35.5. The molecule has 0 aromatic heterocycles. The lowest BCUT2D eigenvalue weighted by Crippen LogP contribution is -2.50. The minimum atomic E-state index is -0.819. The molecular weight excluding hydrogens is 474 g/mol. The van der Waals surface area contributed by atoms with Gasteiger partial charge in [-0.2, -0.15) is 0 Å². The molecule has 3 amide bonds. The number of carbonyl (C=O) groups excluding carboxylic acids is 3. The Bertz CT molecular complexity index is 1370. The number of hydrogen-bond donors (Lipinski definition) is 1. The number of nitrogens with zero attached hydrogens (tertiary/aromatic N) is 2. The van der Waals surface area contributed by atoms with E-state index in [9.17, 15) is 14.4 Å². The number of imide groups is 1. The Balaban J connectivity index is 1.35. The van der Waals surface area contributed by atoms with Crippen LogP contribution in [0.1, 0.15) is 11.1 Å². The number of fused-ring (bicyclic) bond motifs is 5. The number of likely N-dealkylation sites (tertiary alicyclic amines) is 1. The zero-order valence-electron chi connectivity index (χ0n) is 19.4. The number of rotatable bonds is 5. The molecule has 1 N–H and O–H groups in total. The predicted octanol–water partition coefficient (Wildman–Crippen LogP) is 4.41. The molecule has 3 aromatic rings. The van der Waals surface area contributed by atoms with Crippen molar-refractivity contribution in [1.29, 1.82) is 0 Å². The first kappa shape index (κ1) is 22.6. The SMILES string of the molecule is O=C(Nc1ccc(Cl)cc1)[C@@H]1[C@@H]2C(=O)N(CCc3ccccc3)C(=O)[C@@H]2[C@H]2C=Cc3ccccc3N21. The van der Waals surface area contributed by atoms with Gasteiger partial charge in [-0.1, -0.05) is 72.3 Å². The molecule has 0 saturated carbocycles. The van der Waals surface area contributed by atoms with Gasteiger partial charge in [0.1, 0.15) is 6.04 Å². The molecule has 3 aliphatic heterocycles. The summed E-state index contributed by atoms with van der Waals surface area (Å²) in [5, 5.41) is 3.51. The summed E-state index contributed by atoms with van der Waals surface area (Å²) in [6.07, 6.45) is 4.52. The number of carbonyl (C=O) groups is 3. The summed E-state index contributed by atoms with van der Waals surface area (Å²) >= 11 is 6.00. The molecule has 0 spiro atoms. The van der Waals surface area contributed by atoms with Crippen LogP contribution in [-0.4, -0.2) is 41.2 Å². The van der Waals surface area contributed by atoms with Crippen molar-refractivity contribution in [1.82, 2.24) is 4.90 Å². The van der Waals surface area contributed by atoms with Gasteiger partial charge in [-0.25, -0.2) is 0 Å². The van der Waals surface area contributed by atoms with Gasteiger partial charge in [-0.15, -0.1) is 0 Å². The minimum Gasteiger partial charge on any atom is -0.351 e. The first-order valence-corrected chi connectivity index (χ1v) is 12.4. The van der Waals surface area contributed by atoms with E-state index in [0.717, 1.165) is 16.8 Å². The Kier molecular flexibility index (Phi) is 5.61. The molecule has 6 rings (SSSR count). The van der Waals surface area contributed by atoms with Crippen LogP contribution in [0.3, 0.4) is 0 Å². The number of anilines is 2. The lowest BCUT2D eigenvalue weighted by molar-refractivity contribution is -0.141. The smallest absolute Gasteiger partial charge is 0.247 e. The van der Waals surface area contributed by atoms with Gasteiger partial charge < -0.3 is 10.2 Å². The van der Waals surface area contributed by atoms with Crippen LogP contribution in [0, 0.1) is 11.8 Å². The fourth-order valence-corrected chi connectivity index (χ4v) is 5.86. The van der Waals surface area contributed by atoms with Gasteiger partial charge in [-0.05, 0) is 47.9 Å². The van der Waals surface area contributed by atoms with E-state index in [4.69, 9.17) is 11.6 Å². The van der Waals surface area contributed by atoms with Gasteiger partial charge in [0.2, 0.25) is 17.7 Å². The Labute approximate surface area is 214 Å². The Morgan fingerprint density at radius 3 is 2.33 bits per heavy atom. The topological polar surface area (TPSA) is 69.7 Å². The van der Waals surface area contributed by atoms with Crippen LogP contribution in [0.2, 0.25) is 5.02 Å². The molecule has 36 heavy (non-hydrogen) atoms. The zero-order chi connectivity index (χ0) is 24.8. The van der Waals surface area contributed by atoms with Gasteiger partial charge >= 0.3 is 0 Å². The fraction of sp³-hybridized carbons (Fsp3) is 0.207. The molecule has 4 atom stereocenters. The third-order valence-corrected chi connectivity index (χ3v) is 7.61. The molecule has 3 aliphatic rings. The number of para-hydroxylation sites is 1. The number of nitrogens with one attached hydrogen (secondary N) is 1. The largest absolute Gasteiger partial charge is 0.351 e. The average molecular weight is 498 g/mol. The van der Waals surface area contributed by atoms with Gasteiger partial charge in [0.15, 0.2) is 0 Å². The maximum Gasteiger partial charge on any atom is 0.247 e. The number of hydrogen-bond acceptors (Lipinski definition) is 4. The second-order valence-electron chi connectivity index (χ2n) is 9.37. The quantitative estimate of drug-likeness (QED) is 0.530. The summed E-state index contributed by atoms with van der Waals surface area (Å²) in [4.78, 5) is 44.5. The highest BCUT2D eigenvalue weighted by molar-refractivity contribution is 6.30. The Morgan fingerprint density at radius 2 is 1.56 bits per heavy atom. The van der Waals surface area contributed by atoms with Crippen LogP contribution in [0.5, 0.6) is 0 Å². The molecule has 2 fully saturated rings. The molecule has 3 heterocycles. The number of amides is 3. The standard InChI is InChI=1S/C29H24ClN3O3/c30-20-11-13-21(14-12-20)31-27(34)26-25-24(23-15-10-19-8-4-5-9-22(19)33(23)26)28(35)32(29(25)36)17-16-18-6-2-1-3-7-18/h1-15,23-26H,16-17H2,(H,31,34)/t23-,24-,25-,26+/m1/s1. The Hall–Kier alpha value is -3.90. The van der Waals surface area contributed by atoms with Gasteiger partial charge in [0.05, 0.1) is 17.9 Å². The highest BCUT2D eigenvalue weighted by Gasteiger charge is 2.63. The molecule has 7 heteroatoms. The van der Waals surface area contributed by atoms with Crippen molar-refractivity contribution in [3.05, 3.63) is 101 Å². The maximum absolute atomic E-state index is 13.8. The number of halogens is 1. The molecule has 3 aromatic carbocycles. The summed E-state index contributed by atoms with van der Waals surface area (Å²) in [6, 6.07) is 23.2. The molecule has 0 aliphatic carbocycles. The van der Waals surface area contributed by atoms with E-state index in [0.29, 0.717) is 23.7 Å². The monoisotopic (exact) mass is 497 g/mol. The highest BCUT2D eigenvalue weighted by Crippen LogP contribution is 2.48. The van der Waals surface area contributed by atoms with Crippen molar-refractivity contribution in [2.75, 3.05) is 16.8 Å². The van der Waals surface area contributed by atoms with E-state index in [-0.39, 0.29) is 23.8 Å². The summed E-state index contributed by atoms with van der Waals surface area (Å²) in [6.45, 7) is 0.299. The Morgan fingerprint density at radius 1 is 0.861 bits per heavy atom. The minimum absolute atomic E-state index is 0.207. The molecule has 0 unspecified atom stereocenters. The molecular formula is C29H24ClN3O3. The summed E-state index contributed by atoms with van der Waals surface area (Å²) < 4.78 is 0. The number of benzene rings is 3. The van der Waals surface area contributed by atoms with Crippen molar-refractivity contribution < 1.29 is 14.4 Å². The van der Waals surface area contributed by atoms with Crippen LogP contribution in [0.25, 0.3) is 6.08 Å². The molecule has 2 saturated heterocycles. The first-order valence-electron chi connectivity index (χ1n) is 12.0. The lowest BCUT2D eigenvalue weighted by Gasteiger charge is -2.36. The normalized spacial score (nSPS) is 23.9. The third kappa shape index (κ3) is 3.69. The van der Waals surface area contributed by atoms with E-state index < -0.39 is 17.9 Å². The van der Waals surface area contributed by atoms with Crippen molar-refractivity contribution in [3.8, 4) is 0 Å². The molecule has 6 nitrogen and oxygen atoms in total. The van der Waals surface area contributed by atoms with E-state index in [1.54, 1.807) is 24.3 Å². The van der Waals surface area contributed by atoms with Crippen molar-refractivity contribution in [3.63, 3.8) is 0 Å². The summed E-state index contributed by atoms with van der Waals surface area (Å²) in [5.41, 5.74) is 3.45. The maximum atomic E-state index is 13.8. The van der Waals surface area contributed by atoms with Crippen LogP contribution in [-0.2, 0) is 20.8 Å². The van der Waals surface area contributed by atoms with Crippen LogP contribution in [0.4, 0.5) is 11.4 Å². The third-order valence-electron chi connectivity index (χ3n) is 7.35. The predicted molar refractivity (Wildman–Crippen MR) is 139 cm³/mol. The van der Waals surface area contributed by atoms with Crippen molar-refractivity contribution in [2.24, 2.45) is 11.8 Å². The summed E-state index contributed by atoms with van der Waals surface area (Å²) in [5.74, 6) is -2.18. The van der Waals surface area contributed by atoms with E-state index in [2.05, 4.69) is 5.32 Å². The van der Waals surface area contributed by atoms with Gasteiger partial charge in [0, 0.05) is 22.9 Å². The zero-order valence-corrected chi connectivity index (χ0v) is 20.1. The molecule has 0 bridgehead atoms. The summed E-state index contributed by atoms with van der Waals surface area (Å²) in [7, 11) is 0. The van der Waals surface area contributed by atoms with Crippen LogP contribution in [0.15, 0.2) is 84.9 Å². The van der Waals surface area contributed by atoms with Gasteiger partial charge in [0.25, 0.3) is 0 Å². The average Bonchev–Trinajstić information content (AvgIpc) is 3.37. The lowest BCUT2D eigenvalue weighted by atomic mass is 9.88. The molecule has 180 valence electrons. The molecule has 0 radical (unpaired) electrons. The van der Waals surface area contributed by atoms with Crippen LogP contribution >= 0.6 is 11.6 Å². The van der Waals surface area contributed by atoms with E-state index in [1.807, 2.05) is 71.6 Å². The van der Waals surface area contributed by atoms with E-state index in [1.165, 1.54) is 4.90 Å². The van der Waals surface area contributed by atoms with Crippen LogP contribution < -0.4 is 10.2 Å².